The number of hydrogen-bond acceptors (Lipinski definition) is 2. The van der Waals surface area contributed by atoms with Crippen LogP contribution in [0.4, 0.5) is 0 Å². The van der Waals surface area contributed by atoms with Crippen LogP contribution in [0.15, 0.2) is 0 Å². The predicted octanol–water partition coefficient (Wildman–Crippen LogP) is 2.76. The van der Waals surface area contributed by atoms with Crippen molar-refractivity contribution in [1.82, 2.24) is 0 Å². The molecule has 0 radical (unpaired) electrons. The minimum atomic E-state index is -0.131. The summed E-state index contributed by atoms with van der Waals surface area (Å²) in [6.45, 7) is 5.93. The van der Waals surface area contributed by atoms with Gasteiger partial charge in [-0.25, -0.2) is 0 Å². The number of ether oxygens (including phenoxy) is 1. The summed E-state index contributed by atoms with van der Waals surface area (Å²) in [5.41, 5.74) is 0. The molecule has 1 fully saturated rings. The first-order valence-electron chi connectivity index (χ1n) is 5.32. The van der Waals surface area contributed by atoms with Crippen LogP contribution in [0.1, 0.15) is 46.5 Å². The summed E-state index contributed by atoms with van der Waals surface area (Å²) >= 11 is 0. The van der Waals surface area contributed by atoms with E-state index in [0.29, 0.717) is 5.92 Å². The maximum absolute atomic E-state index is 10.8. The van der Waals surface area contributed by atoms with E-state index in [2.05, 4.69) is 13.8 Å². The molecule has 2 heteroatoms. The quantitative estimate of drug-likeness (QED) is 0.617. The highest BCUT2D eigenvalue weighted by Gasteiger charge is 2.30. The lowest BCUT2D eigenvalue weighted by Gasteiger charge is -2.34. The Kier molecular flexibility index (Phi) is 3.76. The first-order chi connectivity index (χ1) is 6.15. The molecule has 76 valence electrons. The van der Waals surface area contributed by atoms with Gasteiger partial charge in [-0.15, -0.1) is 0 Å². The second-order valence-corrected chi connectivity index (χ2v) is 4.11. The lowest BCUT2D eigenvalue weighted by Crippen LogP contribution is -2.33. The molecule has 13 heavy (non-hydrogen) atoms. The highest BCUT2D eigenvalue weighted by molar-refractivity contribution is 5.66. The van der Waals surface area contributed by atoms with Gasteiger partial charge in [0.1, 0.15) is 6.10 Å². The predicted molar refractivity (Wildman–Crippen MR) is 52.4 cm³/mol. The first-order valence-corrected chi connectivity index (χ1v) is 5.32. The third-order valence-electron chi connectivity index (χ3n) is 3.24. The van der Waals surface area contributed by atoms with E-state index in [0.717, 1.165) is 12.3 Å². The molecule has 0 aromatic rings. The molecule has 0 saturated heterocycles. The molecule has 0 heterocycles. The van der Waals surface area contributed by atoms with Crippen LogP contribution < -0.4 is 0 Å². The molecule has 3 unspecified atom stereocenters. The minimum absolute atomic E-state index is 0.131. The lowest BCUT2D eigenvalue weighted by molar-refractivity contribution is -0.152. The zero-order valence-corrected chi connectivity index (χ0v) is 8.88. The topological polar surface area (TPSA) is 26.3 Å². The third-order valence-corrected chi connectivity index (χ3v) is 3.24. The zero-order valence-electron chi connectivity index (χ0n) is 8.88. The number of carbonyl (C=O) groups is 1. The number of rotatable bonds is 2. The van der Waals surface area contributed by atoms with Crippen molar-refractivity contribution in [2.24, 2.45) is 11.8 Å². The Balaban J connectivity index is 2.49. The van der Waals surface area contributed by atoms with Crippen molar-refractivity contribution in [2.45, 2.75) is 52.6 Å². The van der Waals surface area contributed by atoms with Crippen LogP contribution in [0, 0.1) is 11.8 Å². The van der Waals surface area contributed by atoms with Gasteiger partial charge in [0, 0.05) is 6.92 Å². The molecular formula is C11H20O2. The highest BCUT2D eigenvalue weighted by atomic mass is 16.5. The van der Waals surface area contributed by atoms with Crippen LogP contribution in [-0.2, 0) is 9.53 Å². The number of hydrogen-bond donors (Lipinski definition) is 0. The smallest absolute Gasteiger partial charge is 0.302 e. The molecule has 0 aromatic heterocycles. The summed E-state index contributed by atoms with van der Waals surface area (Å²) in [7, 11) is 0. The summed E-state index contributed by atoms with van der Waals surface area (Å²) in [4.78, 5) is 10.8. The van der Waals surface area contributed by atoms with Crippen molar-refractivity contribution in [1.29, 1.82) is 0 Å². The van der Waals surface area contributed by atoms with Gasteiger partial charge in [0.2, 0.25) is 0 Å². The minimum Gasteiger partial charge on any atom is -0.462 e. The Labute approximate surface area is 80.7 Å². The average Bonchev–Trinajstić information content (AvgIpc) is 2.08. The Hall–Kier alpha value is -0.530. The SMILES string of the molecule is CCC1CCCC(OC(C)=O)C1C. The van der Waals surface area contributed by atoms with Crippen molar-refractivity contribution in [3.05, 3.63) is 0 Å². The maximum atomic E-state index is 10.8. The molecule has 0 bridgehead atoms. The molecule has 1 aliphatic carbocycles. The second-order valence-electron chi connectivity index (χ2n) is 4.11. The fourth-order valence-electron chi connectivity index (χ4n) is 2.37. The Bertz CT molecular complexity index is 177. The van der Waals surface area contributed by atoms with Crippen molar-refractivity contribution in [2.75, 3.05) is 0 Å². The molecule has 0 aromatic carbocycles. The largest absolute Gasteiger partial charge is 0.462 e. The molecule has 3 atom stereocenters. The van der Waals surface area contributed by atoms with E-state index in [1.807, 2.05) is 0 Å². The van der Waals surface area contributed by atoms with Gasteiger partial charge >= 0.3 is 5.97 Å². The summed E-state index contributed by atoms with van der Waals surface area (Å²) in [6, 6.07) is 0. The van der Waals surface area contributed by atoms with E-state index in [-0.39, 0.29) is 12.1 Å². The van der Waals surface area contributed by atoms with E-state index < -0.39 is 0 Å². The van der Waals surface area contributed by atoms with Crippen LogP contribution in [-0.4, -0.2) is 12.1 Å². The van der Waals surface area contributed by atoms with Gasteiger partial charge in [-0.05, 0) is 31.1 Å². The number of esters is 1. The van der Waals surface area contributed by atoms with E-state index in [1.165, 1.54) is 26.2 Å². The van der Waals surface area contributed by atoms with Crippen molar-refractivity contribution >= 4 is 5.97 Å². The molecule has 0 aliphatic heterocycles. The molecule has 1 aliphatic rings. The van der Waals surface area contributed by atoms with Gasteiger partial charge < -0.3 is 4.74 Å². The van der Waals surface area contributed by atoms with Crippen molar-refractivity contribution < 1.29 is 9.53 Å². The van der Waals surface area contributed by atoms with Gasteiger partial charge in [0.15, 0.2) is 0 Å². The normalized spacial score (nSPS) is 34.2. The van der Waals surface area contributed by atoms with Gasteiger partial charge in [0.25, 0.3) is 0 Å². The Morgan fingerprint density at radius 2 is 2.15 bits per heavy atom. The van der Waals surface area contributed by atoms with E-state index in [4.69, 9.17) is 4.74 Å². The third kappa shape index (κ3) is 2.71. The summed E-state index contributed by atoms with van der Waals surface area (Å²) < 4.78 is 5.30. The van der Waals surface area contributed by atoms with Crippen molar-refractivity contribution in [3.63, 3.8) is 0 Å². The van der Waals surface area contributed by atoms with Gasteiger partial charge in [-0.2, -0.15) is 0 Å². The molecular weight excluding hydrogens is 164 g/mol. The Morgan fingerprint density at radius 1 is 1.46 bits per heavy atom. The Morgan fingerprint density at radius 3 is 2.69 bits per heavy atom. The standard InChI is InChI=1S/C11H20O2/c1-4-10-6-5-7-11(8(10)2)13-9(3)12/h8,10-11H,4-7H2,1-3H3. The lowest BCUT2D eigenvalue weighted by atomic mass is 9.77. The monoisotopic (exact) mass is 184 g/mol. The van der Waals surface area contributed by atoms with Gasteiger partial charge in [-0.3, -0.25) is 4.79 Å². The zero-order chi connectivity index (χ0) is 9.84. The summed E-state index contributed by atoms with van der Waals surface area (Å²) in [5.74, 6) is 1.16. The van der Waals surface area contributed by atoms with E-state index in [1.54, 1.807) is 0 Å². The molecule has 1 saturated carbocycles. The summed E-state index contributed by atoms with van der Waals surface area (Å²) in [5, 5.41) is 0. The van der Waals surface area contributed by atoms with E-state index in [9.17, 15) is 4.79 Å². The second kappa shape index (κ2) is 4.64. The van der Waals surface area contributed by atoms with Crippen LogP contribution in [0.2, 0.25) is 0 Å². The van der Waals surface area contributed by atoms with Gasteiger partial charge in [-0.1, -0.05) is 20.3 Å². The highest BCUT2D eigenvalue weighted by Crippen LogP contribution is 2.33. The average molecular weight is 184 g/mol. The van der Waals surface area contributed by atoms with Crippen LogP contribution in [0.5, 0.6) is 0 Å². The van der Waals surface area contributed by atoms with Crippen LogP contribution >= 0.6 is 0 Å². The number of carbonyl (C=O) groups excluding carboxylic acids is 1. The molecule has 0 spiro atoms. The fraction of sp³-hybridized carbons (Fsp3) is 0.909. The first kappa shape index (κ1) is 10.6. The molecule has 2 nitrogen and oxygen atoms in total. The van der Waals surface area contributed by atoms with Crippen LogP contribution in [0.25, 0.3) is 0 Å². The molecule has 1 rings (SSSR count). The molecule has 0 amide bonds. The van der Waals surface area contributed by atoms with E-state index >= 15 is 0 Å². The molecule has 0 N–H and O–H groups in total. The maximum Gasteiger partial charge on any atom is 0.302 e. The van der Waals surface area contributed by atoms with Crippen molar-refractivity contribution in [3.8, 4) is 0 Å². The fourth-order valence-corrected chi connectivity index (χ4v) is 2.37. The van der Waals surface area contributed by atoms with Crippen LogP contribution in [0.3, 0.4) is 0 Å². The van der Waals surface area contributed by atoms with Gasteiger partial charge in [0.05, 0.1) is 0 Å². The summed E-state index contributed by atoms with van der Waals surface area (Å²) in [6.07, 6.45) is 4.95.